The number of ether oxygens (including phenoxy) is 2. The van der Waals surface area contributed by atoms with Crippen molar-refractivity contribution >= 4 is 22.5 Å². The van der Waals surface area contributed by atoms with Gasteiger partial charge >= 0.3 is 5.69 Å². The molecular formula is C25H22FN3O5. The SMILES string of the molecule is COc1cc(NC(=O)Cn2c(=O)n(Cc3ccc(F)cc3)c(=O)c3ccccc32)cc(OC)c1. The van der Waals surface area contributed by atoms with Crippen LogP contribution in [0.15, 0.2) is 76.3 Å². The average molecular weight is 463 g/mol. The predicted octanol–water partition coefficient (Wildman–Crippen LogP) is 3.01. The molecule has 0 aliphatic rings. The zero-order valence-electron chi connectivity index (χ0n) is 18.6. The van der Waals surface area contributed by atoms with Gasteiger partial charge in [0.1, 0.15) is 23.9 Å². The van der Waals surface area contributed by atoms with E-state index >= 15 is 0 Å². The number of aromatic nitrogens is 2. The Morgan fingerprint density at radius 3 is 2.21 bits per heavy atom. The average Bonchev–Trinajstić information content (AvgIpc) is 2.85. The van der Waals surface area contributed by atoms with Crippen LogP contribution < -0.4 is 26.0 Å². The first-order chi connectivity index (χ1) is 16.4. The smallest absolute Gasteiger partial charge is 0.332 e. The van der Waals surface area contributed by atoms with Gasteiger partial charge < -0.3 is 14.8 Å². The maximum atomic E-state index is 13.3. The molecule has 0 aliphatic heterocycles. The molecule has 4 rings (SSSR count). The Bertz CT molecular complexity index is 1450. The van der Waals surface area contributed by atoms with Gasteiger partial charge in [-0.05, 0) is 29.8 Å². The molecule has 1 amide bonds. The van der Waals surface area contributed by atoms with Gasteiger partial charge in [0.05, 0.1) is 31.7 Å². The summed E-state index contributed by atoms with van der Waals surface area (Å²) < 4.78 is 26.0. The summed E-state index contributed by atoms with van der Waals surface area (Å²) in [6.07, 6.45) is 0. The molecule has 34 heavy (non-hydrogen) atoms. The molecule has 8 nitrogen and oxygen atoms in total. The third-order valence-electron chi connectivity index (χ3n) is 5.32. The van der Waals surface area contributed by atoms with Gasteiger partial charge in [-0.3, -0.25) is 18.7 Å². The topological polar surface area (TPSA) is 91.6 Å². The number of amides is 1. The molecule has 0 bridgehead atoms. The van der Waals surface area contributed by atoms with Crippen LogP contribution in [0.2, 0.25) is 0 Å². The quantitative estimate of drug-likeness (QED) is 0.455. The van der Waals surface area contributed by atoms with E-state index in [1.165, 1.54) is 43.1 Å². The lowest BCUT2D eigenvalue weighted by Crippen LogP contribution is -2.42. The van der Waals surface area contributed by atoms with Gasteiger partial charge in [0.2, 0.25) is 5.91 Å². The summed E-state index contributed by atoms with van der Waals surface area (Å²) in [6.45, 7) is -0.389. The fraction of sp³-hybridized carbons (Fsp3) is 0.160. The van der Waals surface area contributed by atoms with Crippen molar-refractivity contribution in [3.63, 3.8) is 0 Å². The highest BCUT2D eigenvalue weighted by atomic mass is 19.1. The second-order valence-corrected chi connectivity index (χ2v) is 7.55. The lowest BCUT2D eigenvalue weighted by atomic mass is 10.2. The van der Waals surface area contributed by atoms with Gasteiger partial charge in [-0.25, -0.2) is 9.18 Å². The van der Waals surface area contributed by atoms with Crippen LogP contribution >= 0.6 is 0 Å². The number of nitrogens with one attached hydrogen (secondary N) is 1. The number of methoxy groups -OCH3 is 2. The first-order valence-electron chi connectivity index (χ1n) is 10.4. The monoisotopic (exact) mass is 463 g/mol. The Hall–Kier alpha value is -4.40. The summed E-state index contributed by atoms with van der Waals surface area (Å²) in [4.78, 5) is 39.2. The van der Waals surface area contributed by atoms with Crippen molar-refractivity contribution in [2.24, 2.45) is 0 Å². The fourth-order valence-electron chi connectivity index (χ4n) is 3.66. The van der Waals surface area contributed by atoms with E-state index in [9.17, 15) is 18.8 Å². The highest BCUT2D eigenvalue weighted by Crippen LogP contribution is 2.25. The van der Waals surface area contributed by atoms with Gasteiger partial charge in [-0.1, -0.05) is 24.3 Å². The van der Waals surface area contributed by atoms with Crippen molar-refractivity contribution in [3.05, 3.63) is 98.9 Å². The first-order valence-corrected chi connectivity index (χ1v) is 10.4. The molecule has 174 valence electrons. The minimum absolute atomic E-state index is 0.0581. The molecule has 4 aromatic rings. The van der Waals surface area contributed by atoms with Crippen molar-refractivity contribution in [1.82, 2.24) is 9.13 Å². The number of hydrogen-bond donors (Lipinski definition) is 1. The maximum Gasteiger partial charge on any atom is 0.332 e. The third kappa shape index (κ3) is 4.68. The van der Waals surface area contributed by atoms with Gasteiger partial charge in [0.25, 0.3) is 5.56 Å². The first kappa shape index (κ1) is 22.8. The fourth-order valence-corrected chi connectivity index (χ4v) is 3.66. The second-order valence-electron chi connectivity index (χ2n) is 7.55. The van der Waals surface area contributed by atoms with E-state index in [-0.39, 0.29) is 13.1 Å². The number of nitrogens with zero attached hydrogens (tertiary/aromatic N) is 2. The zero-order valence-corrected chi connectivity index (χ0v) is 18.6. The van der Waals surface area contributed by atoms with Crippen molar-refractivity contribution in [2.75, 3.05) is 19.5 Å². The van der Waals surface area contributed by atoms with E-state index < -0.39 is 23.0 Å². The zero-order chi connectivity index (χ0) is 24.2. The molecule has 0 aliphatic carbocycles. The van der Waals surface area contributed by atoms with Crippen LogP contribution in [0.3, 0.4) is 0 Å². The third-order valence-corrected chi connectivity index (χ3v) is 5.32. The summed E-state index contributed by atoms with van der Waals surface area (Å²) in [7, 11) is 2.99. The maximum absolute atomic E-state index is 13.3. The number of anilines is 1. The molecule has 1 N–H and O–H groups in total. The minimum atomic E-state index is -0.647. The van der Waals surface area contributed by atoms with Crippen LogP contribution in [0.5, 0.6) is 11.5 Å². The molecule has 9 heteroatoms. The molecule has 0 atom stereocenters. The van der Waals surface area contributed by atoms with Crippen LogP contribution in [0, 0.1) is 5.82 Å². The Morgan fingerprint density at radius 1 is 0.912 bits per heavy atom. The van der Waals surface area contributed by atoms with Crippen molar-refractivity contribution < 1.29 is 18.7 Å². The normalized spacial score (nSPS) is 10.8. The largest absolute Gasteiger partial charge is 0.497 e. The molecule has 0 spiro atoms. The standard InChI is InChI=1S/C25H22FN3O5/c1-33-19-11-18(12-20(13-19)34-2)27-23(30)15-28-22-6-4-3-5-21(22)24(31)29(25(28)32)14-16-7-9-17(26)10-8-16/h3-13H,14-15H2,1-2H3,(H,27,30). The number of benzene rings is 3. The van der Waals surface area contributed by atoms with Crippen molar-refractivity contribution in [1.29, 1.82) is 0 Å². The lowest BCUT2D eigenvalue weighted by Gasteiger charge is -2.15. The van der Waals surface area contributed by atoms with Crippen LogP contribution in [-0.4, -0.2) is 29.3 Å². The van der Waals surface area contributed by atoms with Crippen molar-refractivity contribution in [3.8, 4) is 11.5 Å². The van der Waals surface area contributed by atoms with Crippen LogP contribution in [-0.2, 0) is 17.9 Å². The summed E-state index contributed by atoms with van der Waals surface area (Å²) >= 11 is 0. The number of carbonyl (C=O) groups excluding carboxylic acids is 1. The number of rotatable bonds is 7. The number of hydrogen-bond acceptors (Lipinski definition) is 5. The summed E-state index contributed by atoms with van der Waals surface area (Å²) in [5.74, 6) is 0.0858. The van der Waals surface area contributed by atoms with E-state index in [2.05, 4.69) is 5.32 Å². The summed E-state index contributed by atoms with van der Waals surface area (Å²) in [6, 6.07) is 17.0. The molecule has 1 aromatic heterocycles. The van der Waals surface area contributed by atoms with Gasteiger partial charge in [-0.15, -0.1) is 0 Å². The molecule has 0 unspecified atom stereocenters. The van der Waals surface area contributed by atoms with Crippen LogP contribution in [0.25, 0.3) is 10.9 Å². The second kappa shape index (κ2) is 9.62. The summed E-state index contributed by atoms with van der Waals surface area (Å²) in [5, 5.41) is 3.03. The van der Waals surface area contributed by atoms with Crippen LogP contribution in [0.1, 0.15) is 5.56 Å². The Kier molecular flexibility index (Phi) is 6.44. The van der Waals surface area contributed by atoms with Gasteiger partial charge in [0, 0.05) is 23.9 Å². The van der Waals surface area contributed by atoms with Crippen molar-refractivity contribution in [2.45, 2.75) is 13.1 Å². The van der Waals surface area contributed by atoms with E-state index in [0.717, 1.165) is 4.57 Å². The molecule has 0 fully saturated rings. The Balaban J connectivity index is 1.72. The lowest BCUT2D eigenvalue weighted by molar-refractivity contribution is -0.116. The number of halogens is 1. The Labute approximate surface area is 193 Å². The highest BCUT2D eigenvalue weighted by molar-refractivity contribution is 5.92. The van der Waals surface area contributed by atoms with E-state index in [0.29, 0.717) is 33.7 Å². The summed E-state index contributed by atoms with van der Waals surface area (Å²) in [5.41, 5.74) is 0.213. The number of carbonyl (C=O) groups is 1. The van der Waals surface area contributed by atoms with Gasteiger partial charge in [0.15, 0.2) is 0 Å². The van der Waals surface area contributed by atoms with E-state index in [1.807, 2.05) is 0 Å². The molecule has 0 saturated heterocycles. The molecular weight excluding hydrogens is 441 g/mol. The van der Waals surface area contributed by atoms with Gasteiger partial charge in [-0.2, -0.15) is 0 Å². The number of fused-ring (bicyclic) bond motifs is 1. The molecule has 0 radical (unpaired) electrons. The minimum Gasteiger partial charge on any atom is -0.497 e. The highest BCUT2D eigenvalue weighted by Gasteiger charge is 2.16. The molecule has 1 heterocycles. The predicted molar refractivity (Wildman–Crippen MR) is 126 cm³/mol. The molecule has 3 aromatic carbocycles. The van der Waals surface area contributed by atoms with E-state index in [4.69, 9.17) is 9.47 Å². The molecule has 0 saturated carbocycles. The number of para-hydroxylation sites is 1. The van der Waals surface area contributed by atoms with Crippen LogP contribution in [0.4, 0.5) is 10.1 Å². The van der Waals surface area contributed by atoms with E-state index in [1.54, 1.807) is 42.5 Å². The Morgan fingerprint density at radius 2 is 1.56 bits per heavy atom.